The second kappa shape index (κ2) is 8.09. The molecule has 0 bridgehead atoms. The second-order valence-electron chi connectivity index (χ2n) is 7.36. The molecular weight excluding hydrogens is 424 g/mol. The van der Waals surface area contributed by atoms with Gasteiger partial charge in [0.05, 0.1) is 16.5 Å². The van der Waals surface area contributed by atoms with Crippen LogP contribution in [0.3, 0.4) is 0 Å². The Kier molecular flexibility index (Phi) is 5.13. The zero-order chi connectivity index (χ0) is 21.4. The molecule has 1 atom stereocenters. The number of aryl methyl sites for hydroxylation is 1. The van der Waals surface area contributed by atoms with E-state index in [-0.39, 0.29) is 6.04 Å². The van der Waals surface area contributed by atoms with Gasteiger partial charge in [0.15, 0.2) is 5.11 Å². The number of aromatic nitrogens is 2. The topological polar surface area (TPSA) is 54.2 Å². The minimum atomic E-state index is -0.188. The normalized spacial score (nSPS) is 16.5. The molecule has 0 fully saturated rings. The molecule has 154 valence electrons. The van der Waals surface area contributed by atoms with Gasteiger partial charge < -0.3 is 9.84 Å². The SMILES string of the molecule is CC1=C(c2nc(-c3cccs3)no2)C(c2ccccc2)NC(=S)N1c1ccc(C)cc1. The largest absolute Gasteiger partial charge is 0.351 e. The minimum Gasteiger partial charge on any atom is -0.351 e. The predicted octanol–water partition coefficient (Wildman–Crippen LogP) is 5.97. The van der Waals surface area contributed by atoms with E-state index < -0.39 is 0 Å². The number of nitrogens with one attached hydrogen (secondary N) is 1. The van der Waals surface area contributed by atoms with E-state index in [4.69, 9.17) is 21.7 Å². The number of anilines is 1. The summed E-state index contributed by atoms with van der Waals surface area (Å²) < 4.78 is 5.77. The van der Waals surface area contributed by atoms with Gasteiger partial charge in [0.1, 0.15) is 0 Å². The third kappa shape index (κ3) is 3.66. The van der Waals surface area contributed by atoms with E-state index in [1.54, 1.807) is 11.3 Å². The summed E-state index contributed by atoms with van der Waals surface area (Å²) in [5.41, 5.74) is 5.14. The molecule has 31 heavy (non-hydrogen) atoms. The first-order valence-electron chi connectivity index (χ1n) is 9.93. The van der Waals surface area contributed by atoms with Crippen molar-refractivity contribution in [2.75, 3.05) is 4.90 Å². The molecule has 0 saturated carbocycles. The maximum atomic E-state index is 5.78. The van der Waals surface area contributed by atoms with Crippen molar-refractivity contribution in [2.24, 2.45) is 0 Å². The van der Waals surface area contributed by atoms with Crippen LogP contribution in [0.2, 0.25) is 0 Å². The summed E-state index contributed by atoms with van der Waals surface area (Å²) >= 11 is 7.37. The fraction of sp³-hybridized carbons (Fsp3) is 0.125. The summed E-state index contributed by atoms with van der Waals surface area (Å²) in [6.07, 6.45) is 0. The molecule has 3 heterocycles. The Morgan fingerprint density at radius 1 is 1.00 bits per heavy atom. The molecule has 0 radical (unpaired) electrons. The zero-order valence-corrected chi connectivity index (χ0v) is 18.7. The van der Waals surface area contributed by atoms with E-state index >= 15 is 0 Å². The van der Waals surface area contributed by atoms with Crippen molar-refractivity contribution < 1.29 is 4.52 Å². The van der Waals surface area contributed by atoms with Gasteiger partial charge in [0.25, 0.3) is 5.89 Å². The van der Waals surface area contributed by atoms with Gasteiger partial charge in [-0.15, -0.1) is 11.3 Å². The Morgan fingerprint density at radius 2 is 1.77 bits per heavy atom. The fourth-order valence-electron chi connectivity index (χ4n) is 3.76. The molecule has 0 amide bonds. The molecule has 2 aromatic carbocycles. The number of benzene rings is 2. The van der Waals surface area contributed by atoms with Crippen molar-refractivity contribution in [1.82, 2.24) is 15.5 Å². The van der Waals surface area contributed by atoms with E-state index in [9.17, 15) is 0 Å². The van der Waals surface area contributed by atoms with Gasteiger partial charge >= 0.3 is 0 Å². The monoisotopic (exact) mass is 444 g/mol. The van der Waals surface area contributed by atoms with E-state index in [1.165, 1.54) is 5.56 Å². The van der Waals surface area contributed by atoms with Crippen LogP contribution in [0, 0.1) is 6.92 Å². The molecule has 4 aromatic rings. The van der Waals surface area contributed by atoms with Crippen molar-refractivity contribution in [2.45, 2.75) is 19.9 Å². The lowest BCUT2D eigenvalue weighted by Crippen LogP contribution is -2.46. The molecule has 1 N–H and O–H groups in total. The lowest BCUT2D eigenvalue weighted by atomic mass is 9.94. The summed E-state index contributed by atoms with van der Waals surface area (Å²) in [5.74, 6) is 1.08. The standard InChI is InChI=1S/C24H20N4OS2/c1-15-10-12-18(13-11-15)28-16(2)20(21(25-24(28)30)17-7-4-3-5-8-17)23-26-22(27-29-23)19-9-6-14-31-19/h3-14,21H,1-2H3,(H,25,30). The molecule has 0 saturated heterocycles. The number of nitrogens with zero attached hydrogens (tertiary/aromatic N) is 3. The first-order valence-corrected chi connectivity index (χ1v) is 11.2. The molecule has 1 aliphatic heterocycles. The number of thiophene rings is 1. The summed E-state index contributed by atoms with van der Waals surface area (Å²) in [5, 5.41) is 10.4. The first kappa shape index (κ1) is 19.7. The minimum absolute atomic E-state index is 0.188. The van der Waals surface area contributed by atoms with Gasteiger partial charge in [0.2, 0.25) is 5.82 Å². The first-order chi connectivity index (χ1) is 15.1. The van der Waals surface area contributed by atoms with Crippen molar-refractivity contribution in [3.63, 3.8) is 0 Å². The molecule has 7 heteroatoms. The Hall–Kier alpha value is -3.29. The lowest BCUT2D eigenvalue weighted by Gasteiger charge is -2.37. The van der Waals surface area contributed by atoms with Gasteiger partial charge in [-0.25, -0.2) is 0 Å². The molecule has 1 unspecified atom stereocenters. The molecule has 1 aliphatic rings. The summed E-state index contributed by atoms with van der Waals surface area (Å²) in [4.78, 5) is 7.73. The van der Waals surface area contributed by atoms with Crippen LogP contribution in [0.5, 0.6) is 0 Å². The highest BCUT2D eigenvalue weighted by molar-refractivity contribution is 7.80. The summed E-state index contributed by atoms with van der Waals surface area (Å²) in [6.45, 7) is 4.12. The van der Waals surface area contributed by atoms with Crippen molar-refractivity contribution >= 4 is 39.9 Å². The van der Waals surface area contributed by atoms with E-state index in [0.717, 1.165) is 27.4 Å². The fourth-order valence-corrected chi connectivity index (χ4v) is 4.77. The molecule has 5 nitrogen and oxygen atoms in total. The van der Waals surface area contributed by atoms with Crippen LogP contribution in [0.1, 0.15) is 30.0 Å². The van der Waals surface area contributed by atoms with Crippen LogP contribution in [0.25, 0.3) is 16.3 Å². The number of hydrogen-bond acceptors (Lipinski definition) is 5. The Labute approximate surface area is 190 Å². The zero-order valence-electron chi connectivity index (χ0n) is 17.1. The van der Waals surface area contributed by atoms with Gasteiger partial charge in [0, 0.05) is 11.4 Å². The molecule has 2 aromatic heterocycles. The Bertz CT molecular complexity index is 1240. The van der Waals surface area contributed by atoms with E-state index in [2.05, 4.69) is 53.8 Å². The van der Waals surface area contributed by atoms with Gasteiger partial charge in [-0.3, -0.25) is 4.90 Å². The number of hydrogen-bond donors (Lipinski definition) is 1. The van der Waals surface area contributed by atoms with Gasteiger partial charge in [-0.2, -0.15) is 4.98 Å². The Balaban J connectivity index is 1.66. The second-order valence-corrected chi connectivity index (χ2v) is 8.70. The van der Waals surface area contributed by atoms with E-state index in [1.807, 2.05) is 47.5 Å². The maximum absolute atomic E-state index is 5.78. The Morgan fingerprint density at radius 3 is 2.48 bits per heavy atom. The van der Waals surface area contributed by atoms with Crippen LogP contribution >= 0.6 is 23.6 Å². The summed E-state index contributed by atoms with van der Waals surface area (Å²) in [7, 11) is 0. The smallest absolute Gasteiger partial charge is 0.258 e. The quantitative estimate of drug-likeness (QED) is 0.391. The predicted molar refractivity (Wildman–Crippen MR) is 129 cm³/mol. The van der Waals surface area contributed by atoms with Crippen molar-refractivity contribution in [1.29, 1.82) is 0 Å². The van der Waals surface area contributed by atoms with Crippen LogP contribution in [0.4, 0.5) is 5.69 Å². The maximum Gasteiger partial charge on any atom is 0.258 e. The average molecular weight is 445 g/mol. The van der Waals surface area contributed by atoms with Crippen molar-refractivity contribution in [3.8, 4) is 10.7 Å². The number of allylic oxidation sites excluding steroid dienone is 1. The number of thiocarbonyl (C=S) groups is 1. The van der Waals surface area contributed by atoms with Gasteiger partial charge in [-0.1, -0.05) is 59.3 Å². The highest BCUT2D eigenvalue weighted by atomic mass is 32.1. The molecular formula is C24H20N4OS2. The van der Waals surface area contributed by atoms with Crippen LogP contribution < -0.4 is 10.2 Å². The van der Waals surface area contributed by atoms with Crippen LogP contribution in [0.15, 0.2) is 82.3 Å². The van der Waals surface area contributed by atoms with Crippen LogP contribution in [-0.4, -0.2) is 15.3 Å². The van der Waals surface area contributed by atoms with E-state index in [0.29, 0.717) is 16.8 Å². The molecule has 5 rings (SSSR count). The third-order valence-electron chi connectivity index (χ3n) is 5.31. The lowest BCUT2D eigenvalue weighted by molar-refractivity contribution is 0.404. The highest BCUT2D eigenvalue weighted by Gasteiger charge is 2.34. The van der Waals surface area contributed by atoms with Gasteiger partial charge in [-0.05, 0) is 55.2 Å². The molecule has 0 spiro atoms. The third-order valence-corrected chi connectivity index (χ3v) is 6.47. The number of rotatable bonds is 4. The van der Waals surface area contributed by atoms with Crippen molar-refractivity contribution in [3.05, 3.63) is 94.8 Å². The van der Waals surface area contributed by atoms with Crippen LogP contribution in [-0.2, 0) is 0 Å². The molecule has 0 aliphatic carbocycles. The highest BCUT2D eigenvalue weighted by Crippen LogP contribution is 2.39. The average Bonchev–Trinajstić information content (AvgIpc) is 3.47. The summed E-state index contributed by atoms with van der Waals surface area (Å²) in [6, 6.07) is 22.3.